The highest BCUT2D eigenvalue weighted by Gasteiger charge is 2.71. The number of rotatable bonds is 2. The van der Waals surface area contributed by atoms with Crippen LogP contribution in [0.5, 0.6) is 0 Å². The zero-order valence-corrected chi connectivity index (χ0v) is 13.9. The van der Waals surface area contributed by atoms with Gasteiger partial charge in [0.1, 0.15) is 0 Å². The van der Waals surface area contributed by atoms with Crippen molar-refractivity contribution >= 4 is 5.97 Å². The molecule has 0 N–H and O–H groups in total. The monoisotopic (exact) mass is 297 g/mol. The largest absolute Gasteiger partial charge is 0.464 e. The lowest BCUT2D eigenvalue weighted by atomic mass is 9.60. The van der Waals surface area contributed by atoms with Crippen LogP contribution >= 0.6 is 0 Å². The molecular formula is C16H27NO4. The third-order valence-corrected chi connectivity index (χ3v) is 6.44. The van der Waals surface area contributed by atoms with Crippen LogP contribution in [0.25, 0.3) is 0 Å². The molecule has 4 atom stereocenters. The molecule has 2 saturated heterocycles. The van der Waals surface area contributed by atoms with E-state index in [1.807, 2.05) is 6.92 Å². The van der Waals surface area contributed by atoms with Gasteiger partial charge < -0.3 is 4.74 Å². The maximum absolute atomic E-state index is 12.2. The quantitative estimate of drug-likeness (QED) is 0.733. The molecule has 0 aromatic carbocycles. The molecule has 21 heavy (non-hydrogen) atoms. The Morgan fingerprint density at radius 1 is 1.24 bits per heavy atom. The number of nitrogens with zero attached hydrogens (tertiary/aromatic N) is 1. The standard InChI is InChI=1S/C16H27NO4/c1-7-19-13(18)12-10-8-9-11-14(2,3)15(4,5)21-17(20-12)16(10,11)6/h10-12H,7-9H2,1-6H3/t10-,11+,12+,16+/m1/s1. The first kappa shape index (κ1) is 15.3. The van der Waals surface area contributed by atoms with Crippen molar-refractivity contribution in [2.45, 2.75) is 71.6 Å². The summed E-state index contributed by atoms with van der Waals surface area (Å²) in [5.74, 6) is 0.299. The minimum Gasteiger partial charge on any atom is -0.464 e. The Hall–Kier alpha value is -0.650. The molecule has 2 heterocycles. The molecule has 0 aromatic rings. The summed E-state index contributed by atoms with van der Waals surface area (Å²) in [4.78, 5) is 24.3. The Morgan fingerprint density at radius 3 is 2.52 bits per heavy atom. The molecule has 0 aromatic heterocycles. The van der Waals surface area contributed by atoms with Gasteiger partial charge >= 0.3 is 5.97 Å². The summed E-state index contributed by atoms with van der Waals surface area (Å²) in [6.07, 6.45) is 1.53. The SMILES string of the molecule is CCOC(=O)[C@H]1ON2OC(C)(C)C(C)(C)[C@@H]3CC[C@H]1[C@@]32C. The van der Waals surface area contributed by atoms with Crippen LogP contribution in [0, 0.1) is 17.3 Å². The summed E-state index contributed by atoms with van der Waals surface area (Å²) in [5, 5.41) is 1.63. The van der Waals surface area contributed by atoms with E-state index in [0.29, 0.717) is 12.5 Å². The first-order chi connectivity index (χ1) is 9.66. The van der Waals surface area contributed by atoms with E-state index < -0.39 is 6.10 Å². The van der Waals surface area contributed by atoms with Gasteiger partial charge in [0.2, 0.25) is 0 Å². The van der Waals surface area contributed by atoms with Crippen LogP contribution in [-0.4, -0.2) is 35.0 Å². The zero-order valence-electron chi connectivity index (χ0n) is 13.9. The lowest BCUT2D eigenvalue weighted by Gasteiger charge is -2.57. The fourth-order valence-corrected chi connectivity index (χ4v) is 4.59. The van der Waals surface area contributed by atoms with E-state index in [1.54, 1.807) is 5.23 Å². The molecule has 0 spiro atoms. The molecule has 5 nitrogen and oxygen atoms in total. The number of carbonyl (C=O) groups is 1. The van der Waals surface area contributed by atoms with Gasteiger partial charge in [-0.3, -0.25) is 9.68 Å². The van der Waals surface area contributed by atoms with Crippen LogP contribution in [0.2, 0.25) is 0 Å². The molecule has 5 heteroatoms. The molecule has 2 aliphatic heterocycles. The Kier molecular flexibility index (Phi) is 3.22. The van der Waals surface area contributed by atoms with E-state index in [0.717, 1.165) is 12.8 Å². The van der Waals surface area contributed by atoms with Gasteiger partial charge in [-0.2, -0.15) is 0 Å². The molecule has 0 unspecified atom stereocenters. The fourth-order valence-electron chi connectivity index (χ4n) is 4.59. The van der Waals surface area contributed by atoms with E-state index in [-0.39, 0.29) is 28.4 Å². The number of hydroxylamine groups is 2. The van der Waals surface area contributed by atoms with Crippen molar-refractivity contribution in [2.24, 2.45) is 17.3 Å². The summed E-state index contributed by atoms with van der Waals surface area (Å²) in [7, 11) is 0. The van der Waals surface area contributed by atoms with Crippen molar-refractivity contribution in [3.63, 3.8) is 0 Å². The summed E-state index contributed by atoms with van der Waals surface area (Å²) >= 11 is 0. The van der Waals surface area contributed by atoms with Gasteiger partial charge in [-0.05, 0) is 46.5 Å². The molecule has 1 aliphatic carbocycles. The van der Waals surface area contributed by atoms with Gasteiger partial charge in [-0.1, -0.05) is 19.1 Å². The van der Waals surface area contributed by atoms with Gasteiger partial charge in [-0.15, -0.1) is 0 Å². The number of esters is 1. The number of hydrogen-bond donors (Lipinski definition) is 0. The van der Waals surface area contributed by atoms with Crippen molar-refractivity contribution in [2.75, 3.05) is 6.61 Å². The fraction of sp³-hybridized carbons (Fsp3) is 0.938. The third-order valence-electron chi connectivity index (χ3n) is 6.44. The average Bonchev–Trinajstić information content (AvgIpc) is 2.84. The summed E-state index contributed by atoms with van der Waals surface area (Å²) in [6.45, 7) is 13.1. The predicted octanol–water partition coefficient (Wildman–Crippen LogP) is 2.70. The van der Waals surface area contributed by atoms with Crippen LogP contribution in [0.3, 0.4) is 0 Å². The number of ether oxygens (including phenoxy) is 1. The van der Waals surface area contributed by atoms with Crippen LogP contribution in [0.4, 0.5) is 0 Å². The highest BCUT2D eigenvalue weighted by Crippen LogP contribution is 2.64. The third kappa shape index (κ3) is 1.77. The lowest BCUT2D eigenvalue weighted by Crippen LogP contribution is -2.65. The Labute approximate surface area is 126 Å². The maximum atomic E-state index is 12.2. The molecule has 0 bridgehead atoms. The van der Waals surface area contributed by atoms with E-state index in [4.69, 9.17) is 14.4 Å². The number of hydrogen-bond acceptors (Lipinski definition) is 5. The second kappa shape index (κ2) is 4.43. The maximum Gasteiger partial charge on any atom is 0.337 e. The van der Waals surface area contributed by atoms with E-state index in [1.165, 1.54) is 0 Å². The van der Waals surface area contributed by atoms with Crippen LogP contribution in [0.1, 0.15) is 54.4 Å². The molecular weight excluding hydrogens is 270 g/mol. The second-order valence-electron chi connectivity index (χ2n) is 7.82. The van der Waals surface area contributed by atoms with E-state index in [2.05, 4.69) is 34.6 Å². The molecule has 0 amide bonds. The van der Waals surface area contributed by atoms with Gasteiger partial charge in [0.25, 0.3) is 0 Å². The minimum absolute atomic E-state index is 0.0138. The van der Waals surface area contributed by atoms with Crippen LogP contribution < -0.4 is 0 Å². The number of carbonyl (C=O) groups excluding carboxylic acids is 1. The van der Waals surface area contributed by atoms with Crippen LogP contribution in [0.15, 0.2) is 0 Å². The zero-order chi connectivity index (χ0) is 15.6. The molecule has 1 saturated carbocycles. The molecule has 3 aliphatic rings. The van der Waals surface area contributed by atoms with Crippen LogP contribution in [-0.2, 0) is 19.2 Å². The highest BCUT2D eigenvalue weighted by molar-refractivity contribution is 5.75. The van der Waals surface area contributed by atoms with Crippen molar-refractivity contribution in [3.05, 3.63) is 0 Å². The van der Waals surface area contributed by atoms with Crippen molar-refractivity contribution < 1.29 is 19.2 Å². The molecule has 0 radical (unpaired) electrons. The average molecular weight is 297 g/mol. The Morgan fingerprint density at radius 2 is 1.90 bits per heavy atom. The van der Waals surface area contributed by atoms with Gasteiger partial charge in [0.05, 0.1) is 17.7 Å². The van der Waals surface area contributed by atoms with Crippen molar-refractivity contribution in [1.82, 2.24) is 5.23 Å². The molecule has 120 valence electrons. The highest BCUT2D eigenvalue weighted by atomic mass is 17.0. The Bertz CT molecular complexity index is 461. The van der Waals surface area contributed by atoms with E-state index in [9.17, 15) is 4.79 Å². The van der Waals surface area contributed by atoms with Crippen molar-refractivity contribution in [1.29, 1.82) is 0 Å². The first-order valence-corrected chi connectivity index (χ1v) is 7.99. The molecule has 3 fully saturated rings. The minimum atomic E-state index is -0.537. The van der Waals surface area contributed by atoms with Gasteiger partial charge in [0.15, 0.2) is 6.10 Å². The topological polar surface area (TPSA) is 48.0 Å². The smallest absolute Gasteiger partial charge is 0.337 e. The normalized spacial score (nSPS) is 43.6. The van der Waals surface area contributed by atoms with Crippen molar-refractivity contribution in [3.8, 4) is 0 Å². The predicted molar refractivity (Wildman–Crippen MR) is 76.9 cm³/mol. The second-order valence-corrected chi connectivity index (χ2v) is 7.82. The Balaban J connectivity index is 1.97. The lowest BCUT2D eigenvalue weighted by molar-refractivity contribution is -0.468. The summed E-state index contributed by atoms with van der Waals surface area (Å²) < 4.78 is 5.19. The summed E-state index contributed by atoms with van der Waals surface area (Å²) in [5.41, 5.74) is -0.577. The van der Waals surface area contributed by atoms with Gasteiger partial charge in [-0.25, -0.2) is 4.79 Å². The van der Waals surface area contributed by atoms with E-state index >= 15 is 0 Å². The summed E-state index contributed by atoms with van der Waals surface area (Å²) in [6, 6.07) is 0. The van der Waals surface area contributed by atoms with Gasteiger partial charge in [0, 0.05) is 11.3 Å². The first-order valence-electron chi connectivity index (χ1n) is 7.99. The molecule has 3 rings (SSSR count).